The van der Waals surface area contributed by atoms with Crippen molar-refractivity contribution >= 4 is 17.4 Å². The van der Waals surface area contributed by atoms with Crippen LogP contribution in [-0.4, -0.2) is 48.2 Å². The predicted octanol–water partition coefficient (Wildman–Crippen LogP) is 3.19. The van der Waals surface area contributed by atoms with Crippen molar-refractivity contribution in [1.82, 2.24) is 19.4 Å². The summed E-state index contributed by atoms with van der Waals surface area (Å²) in [5.74, 6) is -1.54. The summed E-state index contributed by atoms with van der Waals surface area (Å²) in [7, 11) is 0. The number of rotatable bonds is 6. The molecule has 164 valence electrons. The minimum atomic E-state index is -1.27. The molecule has 1 aromatic carbocycles. The second-order valence-corrected chi connectivity index (χ2v) is 8.07. The molecule has 31 heavy (non-hydrogen) atoms. The normalized spacial score (nSPS) is 16.2. The Morgan fingerprint density at radius 2 is 2.10 bits per heavy atom. The zero-order valence-electron chi connectivity index (χ0n) is 16.4. The molecule has 1 aliphatic heterocycles. The molecule has 0 bridgehead atoms. The summed E-state index contributed by atoms with van der Waals surface area (Å²) in [6.07, 6.45) is 1.73. The Bertz CT molecular complexity index is 1150. The van der Waals surface area contributed by atoms with Gasteiger partial charge < -0.3 is 19.6 Å². The lowest BCUT2D eigenvalue weighted by atomic mass is 10.0. The summed E-state index contributed by atoms with van der Waals surface area (Å²) >= 11 is 5.94. The zero-order valence-corrected chi connectivity index (χ0v) is 17.1. The van der Waals surface area contributed by atoms with Gasteiger partial charge in [-0.15, -0.1) is 0 Å². The third-order valence-corrected chi connectivity index (χ3v) is 5.26. The second-order valence-electron chi connectivity index (χ2n) is 7.73. The summed E-state index contributed by atoms with van der Waals surface area (Å²) in [5, 5.41) is 21.6. The van der Waals surface area contributed by atoms with Crippen molar-refractivity contribution < 1.29 is 23.2 Å². The number of hydrogen-bond acceptors (Lipinski definition) is 7. The molecule has 0 aliphatic carbocycles. The van der Waals surface area contributed by atoms with E-state index in [1.807, 2.05) is 4.90 Å². The van der Waals surface area contributed by atoms with Crippen LogP contribution in [0, 0.1) is 21.7 Å². The number of imidazole rings is 1. The average molecular weight is 454 g/mol. The van der Waals surface area contributed by atoms with Crippen LogP contribution in [0.3, 0.4) is 0 Å². The molecular formula is C19H18ClF2N5O4. The van der Waals surface area contributed by atoms with Crippen molar-refractivity contribution in [2.24, 2.45) is 0 Å². The SMILES string of the molecule is CC(O)(CN1CCc2nc(-c3ccc(F)c(F)c3)oc2C1)Cn1cc([N+](=O)[O-])nc1Cl. The van der Waals surface area contributed by atoms with E-state index in [9.17, 15) is 24.0 Å². The van der Waals surface area contributed by atoms with Crippen LogP contribution in [0.1, 0.15) is 18.4 Å². The Balaban J connectivity index is 1.45. The number of nitrogens with zero attached hydrogens (tertiary/aromatic N) is 5. The zero-order chi connectivity index (χ0) is 22.3. The lowest BCUT2D eigenvalue weighted by Gasteiger charge is -2.33. The number of oxazole rings is 1. The van der Waals surface area contributed by atoms with Crippen molar-refractivity contribution in [2.45, 2.75) is 32.0 Å². The number of aromatic nitrogens is 3. The highest BCUT2D eigenvalue weighted by Gasteiger charge is 2.31. The fourth-order valence-corrected chi connectivity index (χ4v) is 3.81. The minimum absolute atomic E-state index is 0.00649. The van der Waals surface area contributed by atoms with Crippen LogP contribution in [-0.2, 0) is 19.5 Å². The third-order valence-electron chi connectivity index (χ3n) is 4.95. The molecule has 0 spiro atoms. The number of aliphatic hydroxyl groups is 1. The smallest absolute Gasteiger partial charge is 0.383 e. The number of fused-ring (bicyclic) bond motifs is 1. The van der Waals surface area contributed by atoms with Gasteiger partial charge in [-0.25, -0.2) is 13.8 Å². The molecule has 2 aromatic heterocycles. The van der Waals surface area contributed by atoms with E-state index in [2.05, 4.69) is 9.97 Å². The van der Waals surface area contributed by atoms with Crippen LogP contribution >= 0.6 is 11.6 Å². The number of β-amino-alcohol motifs (C(OH)–C–C–N with tert-alkyl or cyclic N) is 1. The molecule has 0 radical (unpaired) electrons. The largest absolute Gasteiger partial charge is 0.440 e. The Morgan fingerprint density at radius 1 is 1.32 bits per heavy atom. The molecule has 1 unspecified atom stereocenters. The molecule has 0 amide bonds. The molecule has 3 aromatic rings. The number of benzene rings is 1. The van der Waals surface area contributed by atoms with Crippen molar-refractivity contribution in [3.63, 3.8) is 0 Å². The first-order valence-electron chi connectivity index (χ1n) is 9.37. The van der Waals surface area contributed by atoms with E-state index in [1.165, 1.54) is 16.8 Å². The quantitative estimate of drug-likeness (QED) is 0.450. The van der Waals surface area contributed by atoms with Crippen molar-refractivity contribution in [1.29, 1.82) is 0 Å². The van der Waals surface area contributed by atoms with E-state index in [4.69, 9.17) is 16.0 Å². The Kier molecular flexibility index (Phi) is 5.50. The van der Waals surface area contributed by atoms with Gasteiger partial charge in [0.2, 0.25) is 5.89 Å². The molecule has 1 atom stereocenters. The summed E-state index contributed by atoms with van der Waals surface area (Å²) in [5.41, 5.74) is -0.203. The number of hydrogen-bond donors (Lipinski definition) is 1. The van der Waals surface area contributed by atoms with Gasteiger partial charge in [-0.05, 0) is 46.6 Å². The summed E-state index contributed by atoms with van der Waals surface area (Å²) in [6, 6.07) is 3.44. The maximum Gasteiger partial charge on any atom is 0.383 e. The van der Waals surface area contributed by atoms with Crippen LogP contribution in [0.4, 0.5) is 14.6 Å². The van der Waals surface area contributed by atoms with Crippen molar-refractivity contribution in [2.75, 3.05) is 13.1 Å². The van der Waals surface area contributed by atoms with E-state index in [1.54, 1.807) is 6.92 Å². The molecular weight excluding hydrogens is 436 g/mol. The maximum atomic E-state index is 13.5. The van der Waals surface area contributed by atoms with Gasteiger partial charge >= 0.3 is 11.1 Å². The van der Waals surface area contributed by atoms with Crippen molar-refractivity contribution in [3.8, 4) is 11.5 Å². The summed E-state index contributed by atoms with van der Waals surface area (Å²) in [4.78, 5) is 20.2. The first kappa shape index (κ1) is 21.3. The van der Waals surface area contributed by atoms with Crippen LogP contribution in [0.25, 0.3) is 11.5 Å². The lowest BCUT2D eigenvalue weighted by Crippen LogP contribution is -2.45. The molecule has 1 N–H and O–H groups in total. The highest BCUT2D eigenvalue weighted by Crippen LogP contribution is 2.28. The molecule has 3 heterocycles. The number of halogens is 3. The Morgan fingerprint density at radius 3 is 2.77 bits per heavy atom. The Hall–Kier alpha value is -2.89. The maximum absolute atomic E-state index is 13.5. The van der Waals surface area contributed by atoms with E-state index in [0.717, 1.165) is 17.8 Å². The lowest BCUT2D eigenvalue weighted by molar-refractivity contribution is -0.389. The Labute approximate surface area is 180 Å². The topological polar surface area (TPSA) is 110 Å². The van der Waals surface area contributed by atoms with Crippen LogP contribution < -0.4 is 0 Å². The molecule has 0 saturated heterocycles. The third kappa shape index (κ3) is 4.58. The van der Waals surface area contributed by atoms with Gasteiger partial charge in [-0.3, -0.25) is 9.47 Å². The van der Waals surface area contributed by atoms with Gasteiger partial charge in [0.15, 0.2) is 11.6 Å². The van der Waals surface area contributed by atoms with Gasteiger partial charge in [0.1, 0.15) is 12.0 Å². The molecule has 4 rings (SSSR count). The van der Waals surface area contributed by atoms with Crippen LogP contribution in [0.5, 0.6) is 0 Å². The molecule has 12 heteroatoms. The fraction of sp³-hybridized carbons (Fsp3) is 0.368. The number of nitro groups is 1. The van der Waals surface area contributed by atoms with Crippen LogP contribution in [0.2, 0.25) is 5.28 Å². The first-order chi connectivity index (χ1) is 14.6. The van der Waals surface area contributed by atoms with Gasteiger partial charge in [-0.1, -0.05) is 0 Å². The van der Waals surface area contributed by atoms with E-state index in [0.29, 0.717) is 30.8 Å². The van der Waals surface area contributed by atoms with Crippen LogP contribution in [0.15, 0.2) is 28.8 Å². The standard InChI is InChI=1S/C19H18ClF2N5O4/c1-19(28,10-26-8-16(27(29)30)24-18(26)20)9-25-5-4-14-15(7-25)31-17(23-14)11-2-3-12(21)13(22)6-11/h2-3,6,8,28H,4-5,7,9-10H2,1H3. The average Bonchev–Trinajstić information content (AvgIpc) is 3.27. The van der Waals surface area contributed by atoms with E-state index in [-0.39, 0.29) is 24.3 Å². The molecule has 0 saturated carbocycles. The van der Waals surface area contributed by atoms with Gasteiger partial charge in [-0.2, -0.15) is 0 Å². The minimum Gasteiger partial charge on any atom is -0.440 e. The van der Waals surface area contributed by atoms with Gasteiger partial charge in [0.05, 0.1) is 24.4 Å². The predicted molar refractivity (Wildman–Crippen MR) is 105 cm³/mol. The van der Waals surface area contributed by atoms with Crippen molar-refractivity contribution in [3.05, 3.63) is 62.9 Å². The van der Waals surface area contributed by atoms with Gasteiger partial charge in [0, 0.05) is 25.1 Å². The van der Waals surface area contributed by atoms with E-state index < -0.39 is 28.0 Å². The van der Waals surface area contributed by atoms with Gasteiger partial charge in [0.25, 0.3) is 0 Å². The monoisotopic (exact) mass is 453 g/mol. The molecule has 9 nitrogen and oxygen atoms in total. The highest BCUT2D eigenvalue weighted by atomic mass is 35.5. The summed E-state index contributed by atoms with van der Waals surface area (Å²) < 4.78 is 33.8. The fourth-order valence-electron chi connectivity index (χ4n) is 3.61. The molecule has 0 fully saturated rings. The highest BCUT2D eigenvalue weighted by molar-refractivity contribution is 6.28. The first-order valence-corrected chi connectivity index (χ1v) is 9.75. The summed E-state index contributed by atoms with van der Waals surface area (Å²) in [6.45, 7) is 2.78. The second kappa shape index (κ2) is 7.98. The molecule has 1 aliphatic rings. The van der Waals surface area contributed by atoms with E-state index >= 15 is 0 Å².